The second-order valence-electron chi connectivity index (χ2n) is 8.50. The molecule has 4 aromatic rings. The van der Waals surface area contributed by atoms with Crippen LogP contribution in [0.3, 0.4) is 0 Å². The SMILES string of the molecule is CCOC(=O)c1c(C)c(-c2ccc(OCc3c(CC)cccc3-n3nnn(C)c3=O)c(C)c2)nn1C. The van der Waals surface area contributed by atoms with Crippen molar-refractivity contribution in [3.05, 3.63) is 74.8 Å². The Morgan fingerprint density at radius 3 is 2.44 bits per heavy atom. The molecule has 10 heteroatoms. The van der Waals surface area contributed by atoms with E-state index >= 15 is 0 Å². The number of carbonyl (C=O) groups is 1. The maximum absolute atomic E-state index is 12.5. The molecule has 0 aliphatic rings. The number of benzene rings is 2. The third kappa shape index (κ3) is 4.53. The molecule has 0 radical (unpaired) electrons. The number of carbonyl (C=O) groups excluding carboxylic acids is 1. The lowest BCUT2D eigenvalue weighted by Crippen LogP contribution is -2.23. The topological polar surface area (TPSA) is 106 Å². The van der Waals surface area contributed by atoms with Gasteiger partial charge in [0, 0.05) is 30.8 Å². The zero-order valence-corrected chi connectivity index (χ0v) is 21.4. The van der Waals surface area contributed by atoms with Gasteiger partial charge in [-0.1, -0.05) is 19.1 Å². The van der Waals surface area contributed by atoms with Crippen LogP contribution in [0.25, 0.3) is 16.9 Å². The predicted molar refractivity (Wildman–Crippen MR) is 134 cm³/mol. The molecule has 0 bridgehead atoms. The molecule has 0 unspecified atom stereocenters. The first-order valence-electron chi connectivity index (χ1n) is 11.8. The van der Waals surface area contributed by atoms with Crippen LogP contribution >= 0.6 is 0 Å². The average molecular weight is 491 g/mol. The van der Waals surface area contributed by atoms with Gasteiger partial charge in [0.05, 0.1) is 18.0 Å². The standard InChI is InChI=1S/C26H30N6O4/c1-7-18-10-9-11-21(32-26(34)31(6)28-29-32)20(18)15-36-22-13-12-19(14-16(22)3)23-17(4)24(30(5)27-23)25(33)35-8-2/h9-14H,7-8,15H2,1-6H3. The van der Waals surface area contributed by atoms with Crippen molar-refractivity contribution in [3.63, 3.8) is 0 Å². The molecule has 10 nitrogen and oxygen atoms in total. The fraction of sp³-hybridized carbons (Fsp3) is 0.346. The maximum Gasteiger partial charge on any atom is 0.368 e. The van der Waals surface area contributed by atoms with Gasteiger partial charge >= 0.3 is 11.7 Å². The lowest BCUT2D eigenvalue weighted by molar-refractivity contribution is 0.0512. The van der Waals surface area contributed by atoms with Gasteiger partial charge in [0.1, 0.15) is 18.1 Å². The van der Waals surface area contributed by atoms with E-state index in [-0.39, 0.29) is 18.3 Å². The number of hydrogen-bond donors (Lipinski definition) is 0. The first kappa shape index (κ1) is 24.9. The summed E-state index contributed by atoms with van der Waals surface area (Å²) in [5.74, 6) is 0.321. The molecular weight excluding hydrogens is 460 g/mol. The highest BCUT2D eigenvalue weighted by Gasteiger charge is 2.21. The van der Waals surface area contributed by atoms with Gasteiger partial charge < -0.3 is 9.47 Å². The molecule has 0 N–H and O–H groups in total. The number of esters is 1. The lowest BCUT2D eigenvalue weighted by Gasteiger charge is -2.15. The quantitative estimate of drug-likeness (QED) is 0.349. The number of nitrogens with zero attached hydrogens (tertiary/aromatic N) is 6. The minimum atomic E-state index is -0.388. The third-order valence-corrected chi connectivity index (χ3v) is 6.15. The van der Waals surface area contributed by atoms with Gasteiger partial charge in [-0.15, -0.1) is 0 Å². The summed E-state index contributed by atoms with van der Waals surface area (Å²) in [7, 11) is 3.30. The highest BCUT2D eigenvalue weighted by Crippen LogP contribution is 2.30. The number of rotatable bonds is 8. The van der Waals surface area contributed by atoms with E-state index in [1.807, 2.05) is 50.2 Å². The van der Waals surface area contributed by atoms with Crippen molar-refractivity contribution in [2.75, 3.05) is 6.61 Å². The summed E-state index contributed by atoms with van der Waals surface area (Å²) < 4.78 is 15.4. The van der Waals surface area contributed by atoms with Crippen LogP contribution in [0.5, 0.6) is 5.75 Å². The Bertz CT molecular complexity index is 1480. The van der Waals surface area contributed by atoms with Crippen molar-refractivity contribution < 1.29 is 14.3 Å². The van der Waals surface area contributed by atoms with E-state index in [4.69, 9.17) is 9.47 Å². The Hall–Kier alpha value is -4.21. The van der Waals surface area contributed by atoms with Crippen molar-refractivity contribution in [2.24, 2.45) is 14.1 Å². The molecule has 0 saturated carbocycles. The normalized spacial score (nSPS) is 11.1. The largest absolute Gasteiger partial charge is 0.489 e. The summed E-state index contributed by atoms with van der Waals surface area (Å²) in [5.41, 5.74) is 5.99. The number of aromatic nitrogens is 6. The fourth-order valence-electron chi connectivity index (χ4n) is 4.28. The van der Waals surface area contributed by atoms with Crippen molar-refractivity contribution in [2.45, 2.75) is 40.7 Å². The second kappa shape index (κ2) is 10.2. The Kier molecular flexibility index (Phi) is 7.05. The van der Waals surface area contributed by atoms with Crippen molar-refractivity contribution in [1.29, 1.82) is 0 Å². The first-order valence-corrected chi connectivity index (χ1v) is 11.8. The molecule has 0 spiro atoms. The zero-order chi connectivity index (χ0) is 26.0. The van der Waals surface area contributed by atoms with Gasteiger partial charge in [-0.3, -0.25) is 4.68 Å². The smallest absolute Gasteiger partial charge is 0.368 e. The number of ether oxygens (including phenoxy) is 2. The maximum atomic E-state index is 12.5. The van der Waals surface area contributed by atoms with E-state index in [2.05, 4.69) is 22.4 Å². The first-order chi connectivity index (χ1) is 17.3. The summed E-state index contributed by atoms with van der Waals surface area (Å²) in [6, 6.07) is 11.6. The highest BCUT2D eigenvalue weighted by molar-refractivity contribution is 5.91. The van der Waals surface area contributed by atoms with E-state index in [1.54, 1.807) is 25.7 Å². The number of hydrogen-bond acceptors (Lipinski definition) is 7. The molecule has 4 rings (SSSR count). The lowest BCUT2D eigenvalue weighted by atomic mass is 10.0. The molecule has 0 atom stereocenters. The van der Waals surface area contributed by atoms with Crippen molar-refractivity contribution >= 4 is 5.97 Å². The predicted octanol–water partition coefficient (Wildman–Crippen LogP) is 3.30. The van der Waals surface area contributed by atoms with Gasteiger partial charge in [0.25, 0.3) is 0 Å². The molecule has 0 amide bonds. The van der Waals surface area contributed by atoms with Crippen LogP contribution in [-0.2, 0) is 31.9 Å². The van der Waals surface area contributed by atoms with Crippen LogP contribution in [0.4, 0.5) is 0 Å². The molecule has 2 heterocycles. The van der Waals surface area contributed by atoms with E-state index in [0.717, 1.165) is 39.9 Å². The van der Waals surface area contributed by atoms with Gasteiger partial charge in [-0.2, -0.15) is 14.5 Å². The monoisotopic (exact) mass is 490 g/mol. The molecular formula is C26H30N6O4. The summed E-state index contributed by atoms with van der Waals surface area (Å²) in [6.07, 6.45) is 0.779. The molecule has 0 aliphatic heterocycles. The van der Waals surface area contributed by atoms with Crippen LogP contribution in [0.2, 0.25) is 0 Å². The Labute approximate surface area is 209 Å². The summed E-state index contributed by atoms with van der Waals surface area (Å²) >= 11 is 0. The van der Waals surface area contributed by atoms with E-state index in [9.17, 15) is 9.59 Å². The van der Waals surface area contributed by atoms with Crippen molar-refractivity contribution in [3.8, 4) is 22.7 Å². The highest BCUT2D eigenvalue weighted by atomic mass is 16.5. The van der Waals surface area contributed by atoms with E-state index in [1.165, 1.54) is 9.36 Å². The molecule has 0 saturated heterocycles. The molecule has 0 fully saturated rings. The van der Waals surface area contributed by atoms with Crippen molar-refractivity contribution in [1.82, 2.24) is 29.6 Å². The van der Waals surface area contributed by atoms with Gasteiger partial charge in [-0.05, 0) is 73.0 Å². The third-order valence-electron chi connectivity index (χ3n) is 6.15. The molecule has 0 aliphatic carbocycles. The molecule has 188 valence electrons. The summed E-state index contributed by atoms with van der Waals surface area (Å²) in [6.45, 7) is 8.23. The Balaban J connectivity index is 1.63. The fourth-order valence-corrected chi connectivity index (χ4v) is 4.28. The van der Waals surface area contributed by atoms with Crippen LogP contribution in [0.1, 0.15) is 46.6 Å². The minimum absolute atomic E-state index is 0.262. The summed E-state index contributed by atoms with van der Waals surface area (Å²) in [4.78, 5) is 24.8. The zero-order valence-electron chi connectivity index (χ0n) is 21.4. The second-order valence-corrected chi connectivity index (χ2v) is 8.50. The number of tetrazole rings is 1. The Morgan fingerprint density at radius 2 is 1.81 bits per heavy atom. The van der Waals surface area contributed by atoms with Gasteiger partial charge in [0.2, 0.25) is 0 Å². The minimum Gasteiger partial charge on any atom is -0.489 e. The van der Waals surface area contributed by atoms with E-state index < -0.39 is 0 Å². The van der Waals surface area contributed by atoms with Crippen LogP contribution in [0.15, 0.2) is 41.2 Å². The molecule has 2 aromatic heterocycles. The van der Waals surface area contributed by atoms with Crippen LogP contribution in [-0.4, -0.2) is 42.1 Å². The van der Waals surface area contributed by atoms with E-state index in [0.29, 0.717) is 23.7 Å². The number of aryl methyl sites for hydroxylation is 4. The molecule has 2 aromatic carbocycles. The average Bonchev–Trinajstić information content (AvgIpc) is 3.35. The Morgan fingerprint density at radius 1 is 1.03 bits per heavy atom. The van der Waals surface area contributed by atoms with Gasteiger partial charge in [0.15, 0.2) is 0 Å². The van der Waals surface area contributed by atoms with Gasteiger partial charge in [-0.25, -0.2) is 9.59 Å². The molecule has 36 heavy (non-hydrogen) atoms. The van der Waals surface area contributed by atoms with Crippen LogP contribution in [0, 0.1) is 13.8 Å². The van der Waals surface area contributed by atoms with Crippen LogP contribution < -0.4 is 10.4 Å². The summed E-state index contributed by atoms with van der Waals surface area (Å²) in [5, 5.41) is 12.4.